The fourth-order valence-electron chi connectivity index (χ4n) is 4.18. The van der Waals surface area contributed by atoms with E-state index in [2.05, 4.69) is 11.4 Å². The number of halogens is 1. The first-order chi connectivity index (χ1) is 15.8. The molecule has 2 aliphatic rings. The Bertz CT molecular complexity index is 1190. The number of rotatable bonds is 7. The van der Waals surface area contributed by atoms with E-state index in [9.17, 15) is 18.5 Å². The number of piperidine rings is 1. The van der Waals surface area contributed by atoms with Gasteiger partial charge in [-0.1, -0.05) is 23.7 Å². The quantitative estimate of drug-likeness (QED) is 0.626. The lowest BCUT2D eigenvalue weighted by Crippen LogP contribution is -2.43. The monoisotopic (exact) mass is 487 g/mol. The molecular formula is C24H26ClN3O4S. The van der Waals surface area contributed by atoms with E-state index >= 15 is 0 Å². The molecule has 0 unspecified atom stereocenters. The molecular weight excluding hydrogens is 462 g/mol. The molecule has 1 saturated heterocycles. The highest BCUT2D eigenvalue weighted by Crippen LogP contribution is 2.47. The zero-order valence-electron chi connectivity index (χ0n) is 18.4. The van der Waals surface area contributed by atoms with Crippen molar-refractivity contribution in [2.24, 2.45) is 5.92 Å². The van der Waals surface area contributed by atoms with Crippen LogP contribution >= 0.6 is 11.6 Å². The van der Waals surface area contributed by atoms with Crippen LogP contribution in [0.25, 0.3) is 0 Å². The second kappa shape index (κ2) is 9.34. The molecule has 4 rings (SSSR count). The molecule has 1 aliphatic heterocycles. The number of ether oxygens (including phenoxy) is 1. The average Bonchev–Trinajstić information content (AvgIpc) is 3.62. The minimum atomic E-state index is -3.88. The Morgan fingerprint density at radius 3 is 2.64 bits per heavy atom. The number of hydrogen-bond donors (Lipinski definition) is 1. The number of benzene rings is 2. The minimum absolute atomic E-state index is 0.0139. The van der Waals surface area contributed by atoms with E-state index in [1.165, 1.54) is 10.4 Å². The lowest BCUT2D eigenvalue weighted by atomic mass is 9.97. The molecule has 33 heavy (non-hydrogen) atoms. The maximum atomic E-state index is 13.4. The molecule has 1 atom stereocenters. The zero-order chi connectivity index (χ0) is 23.6. The van der Waals surface area contributed by atoms with Gasteiger partial charge in [-0.25, -0.2) is 8.42 Å². The molecule has 1 amide bonds. The number of nitrogens with one attached hydrogen (secondary N) is 1. The van der Waals surface area contributed by atoms with Crippen LogP contribution in [0.15, 0.2) is 47.4 Å². The minimum Gasteiger partial charge on any atom is -0.492 e. The molecule has 0 radical (unpaired) electrons. The van der Waals surface area contributed by atoms with Crippen molar-refractivity contribution < 1.29 is 17.9 Å². The second-order valence-electron chi connectivity index (χ2n) is 8.49. The predicted octanol–water partition coefficient (Wildman–Crippen LogP) is 4.33. The smallest absolute Gasteiger partial charge is 0.246 e. The first kappa shape index (κ1) is 23.6. The number of hydrogen-bond acceptors (Lipinski definition) is 5. The number of carbonyl (C=O) groups is 1. The second-order valence-corrected chi connectivity index (χ2v) is 10.8. The van der Waals surface area contributed by atoms with Crippen LogP contribution in [-0.4, -0.2) is 38.3 Å². The van der Waals surface area contributed by atoms with Gasteiger partial charge in [0.15, 0.2) is 0 Å². The Balaban J connectivity index is 1.46. The first-order valence-corrected chi connectivity index (χ1v) is 12.9. The Morgan fingerprint density at radius 1 is 1.27 bits per heavy atom. The molecule has 1 N–H and O–H groups in total. The molecule has 1 saturated carbocycles. The highest BCUT2D eigenvalue weighted by atomic mass is 35.5. The third kappa shape index (κ3) is 4.86. The highest BCUT2D eigenvalue weighted by Gasteiger charge is 2.44. The van der Waals surface area contributed by atoms with E-state index in [1.54, 1.807) is 31.2 Å². The van der Waals surface area contributed by atoms with Gasteiger partial charge >= 0.3 is 0 Å². The molecule has 174 valence electrons. The number of amides is 1. The van der Waals surface area contributed by atoms with Crippen LogP contribution < -0.4 is 10.1 Å². The third-order valence-corrected chi connectivity index (χ3v) is 8.37. The summed E-state index contributed by atoms with van der Waals surface area (Å²) in [6.07, 6.45) is 2.89. The summed E-state index contributed by atoms with van der Waals surface area (Å²) < 4.78 is 33.6. The number of anilines is 1. The SMILES string of the molecule is CCOc1ccc(Cl)cc1S(=O)(=O)N1CCC[C@@H](C(=O)Nc2ccc(C3(C#N)CC3)cc2)C1. The normalized spacial score (nSPS) is 20.0. The largest absolute Gasteiger partial charge is 0.492 e. The predicted molar refractivity (Wildman–Crippen MR) is 126 cm³/mol. The average molecular weight is 488 g/mol. The summed E-state index contributed by atoms with van der Waals surface area (Å²) >= 11 is 6.06. The Kier molecular flexibility index (Phi) is 6.66. The number of nitrogens with zero attached hydrogens (tertiary/aromatic N) is 2. The van der Waals surface area contributed by atoms with Gasteiger partial charge in [0, 0.05) is 23.8 Å². The van der Waals surface area contributed by atoms with Crippen molar-refractivity contribution >= 4 is 33.2 Å². The van der Waals surface area contributed by atoms with Gasteiger partial charge in [-0.15, -0.1) is 0 Å². The topological polar surface area (TPSA) is 99.5 Å². The van der Waals surface area contributed by atoms with Crippen molar-refractivity contribution in [1.29, 1.82) is 5.26 Å². The molecule has 2 fully saturated rings. The zero-order valence-corrected chi connectivity index (χ0v) is 20.0. The van der Waals surface area contributed by atoms with Crippen LogP contribution in [0.3, 0.4) is 0 Å². The van der Waals surface area contributed by atoms with Crippen LogP contribution in [0.5, 0.6) is 5.75 Å². The molecule has 9 heteroatoms. The van der Waals surface area contributed by atoms with Gasteiger partial charge in [-0.3, -0.25) is 4.79 Å². The highest BCUT2D eigenvalue weighted by molar-refractivity contribution is 7.89. The Morgan fingerprint density at radius 2 is 2.00 bits per heavy atom. The molecule has 1 heterocycles. The van der Waals surface area contributed by atoms with Gasteiger partial charge in [-0.2, -0.15) is 9.57 Å². The van der Waals surface area contributed by atoms with Crippen molar-refractivity contribution in [2.45, 2.75) is 42.9 Å². The van der Waals surface area contributed by atoms with Gasteiger partial charge in [0.1, 0.15) is 10.6 Å². The first-order valence-electron chi connectivity index (χ1n) is 11.0. The molecule has 2 aromatic rings. The van der Waals surface area contributed by atoms with Gasteiger partial charge in [0.2, 0.25) is 15.9 Å². The van der Waals surface area contributed by atoms with E-state index in [-0.39, 0.29) is 28.5 Å². The maximum Gasteiger partial charge on any atom is 0.246 e. The number of carbonyl (C=O) groups excluding carboxylic acids is 1. The van der Waals surface area contributed by atoms with Gasteiger partial charge in [0.25, 0.3) is 0 Å². The van der Waals surface area contributed by atoms with Crippen molar-refractivity contribution in [3.05, 3.63) is 53.1 Å². The van der Waals surface area contributed by atoms with Crippen molar-refractivity contribution in [2.75, 3.05) is 25.0 Å². The number of sulfonamides is 1. The summed E-state index contributed by atoms with van der Waals surface area (Å²) in [6, 6.07) is 14.2. The van der Waals surface area contributed by atoms with Crippen molar-refractivity contribution in [3.8, 4) is 11.8 Å². The van der Waals surface area contributed by atoms with E-state index < -0.39 is 15.9 Å². The number of nitriles is 1. The van der Waals surface area contributed by atoms with Gasteiger partial charge in [-0.05, 0) is 68.5 Å². The van der Waals surface area contributed by atoms with Gasteiger partial charge in [0.05, 0.1) is 24.0 Å². The molecule has 2 aromatic carbocycles. The van der Waals surface area contributed by atoms with Crippen LogP contribution in [0.1, 0.15) is 38.2 Å². The van der Waals surface area contributed by atoms with Crippen LogP contribution in [-0.2, 0) is 20.2 Å². The summed E-state index contributed by atoms with van der Waals surface area (Å²) in [6.45, 7) is 2.52. The summed E-state index contributed by atoms with van der Waals surface area (Å²) in [5, 5.41) is 12.5. The van der Waals surface area contributed by atoms with E-state index in [4.69, 9.17) is 16.3 Å². The van der Waals surface area contributed by atoms with Gasteiger partial charge < -0.3 is 10.1 Å². The summed E-state index contributed by atoms with van der Waals surface area (Å²) in [5.74, 6) is -0.448. The van der Waals surface area contributed by atoms with Crippen LogP contribution in [0.2, 0.25) is 5.02 Å². The maximum absolute atomic E-state index is 13.4. The Hall–Kier alpha value is -2.60. The Labute approximate surface area is 199 Å². The summed E-state index contributed by atoms with van der Waals surface area (Å²) in [4.78, 5) is 12.9. The molecule has 7 nitrogen and oxygen atoms in total. The fraction of sp³-hybridized carbons (Fsp3) is 0.417. The summed E-state index contributed by atoms with van der Waals surface area (Å²) in [5.41, 5.74) is 1.22. The lowest BCUT2D eigenvalue weighted by molar-refractivity contribution is -0.120. The lowest BCUT2D eigenvalue weighted by Gasteiger charge is -2.31. The summed E-state index contributed by atoms with van der Waals surface area (Å²) in [7, 11) is -3.88. The van der Waals surface area contributed by atoms with Crippen molar-refractivity contribution in [3.63, 3.8) is 0 Å². The van der Waals surface area contributed by atoms with Crippen molar-refractivity contribution in [1.82, 2.24) is 4.31 Å². The fourth-order valence-corrected chi connectivity index (χ4v) is 6.10. The van der Waals surface area contributed by atoms with E-state index in [0.29, 0.717) is 36.7 Å². The van der Waals surface area contributed by atoms with E-state index in [0.717, 1.165) is 18.4 Å². The standard InChI is InChI=1S/C24H26ClN3O4S/c1-2-32-21-10-7-19(25)14-22(21)33(30,31)28-13-3-4-17(15-28)23(29)27-20-8-5-18(6-9-20)24(16-26)11-12-24/h5-10,14,17H,2-4,11-13,15H2,1H3,(H,27,29)/t17-/m1/s1. The van der Waals surface area contributed by atoms with E-state index in [1.807, 2.05) is 12.1 Å². The molecule has 1 aliphatic carbocycles. The molecule has 0 spiro atoms. The van der Waals surface area contributed by atoms with Crippen LogP contribution in [0, 0.1) is 17.2 Å². The third-order valence-electron chi connectivity index (χ3n) is 6.25. The van der Waals surface area contributed by atoms with Crippen LogP contribution in [0.4, 0.5) is 5.69 Å². The molecule has 0 bridgehead atoms. The molecule has 0 aromatic heterocycles.